The van der Waals surface area contributed by atoms with Gasteiger partial charge >= 0.3 is 5.97 Å². The fourth-order valence-corrected chi connectivity index (χ4v) is 2.51. The molecular formula is C17H14O4. The van der Waals surface area contributed by atoms with Gasteiger partial charge in [0.15, 0.2) is 5.78 Å². The highest BCUT2D eigenvalue weighted by atomic mass is 16.7. The number of hydrogen-bond acceptors (Lipinski definition) is 4. The number of Topliss-reactive ketones (excluding diaryl/α,β-unsaturated/α-hetero) is 1. The molecule has 0 amide bonds. The van der Waals surface area contributed by atoms with Crippen LogP contribution in [0.5, 0.6) is 5.75 Å². The van der Waals surface area contributed by atoms with E-state index in [-0.39, 0.29) is 12.2 Å². The predicted molar refractivity (Wildman–Crippen MR) is 75.9 cm³/mol. The normalized spacial score (nSPS) is 20.3. The number of para-hydroxylation sites is 1. The highest BCUT2D eigenvalue weighted by Crippen LogP contribution is 2.40. The number of fused-ring (bicyclic) bond motifs is 1. The van der Waals surface area contributed by atoms with Gasteiger partial charge in [-0.25, -0.2) is 0 Å². The van der Waals surface area contributed by atoms with E-state index in [1.807, 2.05) is 18.2 Å². The zero-order valence-electron chi connectivity index (χ0n) is 11.5. The molecule has 1 atom stereocenters. The Balaban J connectivity index is 2.11. The van der Waals surface area contributed by atoms with Crippen LogP contribution in [0.2, 0.25) is 0 Å². The number of esters is 1. The first-order valence-corrected chi connectivity index (χ1v) is 6.67. The summed E-state index contributed by atoms with van der Waals surface area (Å²) in [6, 6.07) is 16.0. The second kappa shape index (κ2) is 5.05. The molecule has 0 radical (unpaired) electrons. The number of carbonyl (C=O) groups is 2. The Labute approximate surface area is 122 Å². The summed E-state index contributed by atoms with van der Waals surface area (Å²) in [5, 5.41) is 0. The lowest BCUT2D eigenvalue weighted by molar-refractivity contribution is -0.201. The van der Waals surface area contributed by atoms with Crippen molar-refractivity contribution in [2.24, 2.45) is 0 Å². The van der Waals surface area contributed by atoms with E-state index in [1.165, 1.54) is 6.92 Å². The summed E-state index contributed by atoms with van der Waals surface area (Å²) >= 11 is 0. The van der Waals surface area contributed by atoms with Gasteiger partial charge in [0.1, 0.15) is 5.75 Å². The Morgan fingerprint density at radius 1 is 1.10 bits per heavy atom. The molecule has 1 heterocycles. The molecule has 4 nitrogen and oxygen atoms in total. The molecule has 0 aromatic heterocycles. The lowest BCUT2D eigenvalue weighted by atomic mass is 9.93. The van der Waals surface area contributed by atoms with Crippen molar-refractivity contribution in [3.8, 4) is 5.75 Å². The van der Waals surface area contributed by atoms with Crippen LogP contribution >= 0.6 is 0 Å². The summed E-state index contributed by atoms with van der Waals surface area (Å²) < 4.78 is 11.3. The monoisotopic (exact) mass is 282 g/mol. The first-order valence-electron chi connectivity index (χ1n) is 6.67. The third-order valence-electron chi connectivity index (χ3n) is 3.38. The van der Waals surface area contributed by atoms with Crippen molar-refractivity contribution < 1.29 is 19.1 Å². The largest absolute Gasteiger partial charge is 0.447 e. The predicted octanol–water partition coefficient (Wildman–Crippen LogP) is 3.07. The summed E-state index contributed by atoms with van der Waals surface area (Å²) in [4.78, 5) is 23.9. The zero-order chi connectivity index (χ0) is 14.9. The van der Waals surface area contributed by atoms with Crippen LogP contribution in [0, 0.1) is 0 Å². The maximum atomic E-state index is 12.4. The minimum Gasteiger partial charge on any atom is -0.447 e. The van der Waals surface area contributed by atoms with Gasteiger partial charge in [-0.05, 0) is 12.1 Å². The maximum Gasteiger partial charge on any atom is 0.306 e. The topological polar surface area (TPSA) is 52.6 Å². The molecule has 2 aromatic carbocycles. The molecule has 0 N–H and O–H groups in total. The Kier molecular flexibility index (Phi) is 3.22. The molecule has 1 aliphatic heterocycles. The SMILES string of the molecule is CC(=O)OC1(c2ccccc2)CC(=O)c2ccccc2O1. The fraction of sp³-hybridized carbons (Fsp3) is 0.176. The average Bonchev–Trinajstić information content (AvgIpc) is 2.47. The molecule has 0 saturated heterocycles. The van der Waals surface area contributed by atoms with Crippen LogP contribution in [0.4, 0.5) is 0 Å². The van der Waals surface area contributed by atoms with Crippen molar-refractivity contribution >= 4 is 11.8 Å². The Hall–Kier alpha value is -2.62. The molecular weight excluding hydrogens is 268 g/mol. The van der Waals surface area contributed by atoms with Gasteiger partial charge in [0.2, 0.25) is 0 Å². The van der Waals surface area contributed by atoms with Crippen LogP contribution in [0.1, 0.15) is 29.3 Å². The van der Waals surface area contributed by atoms with Crippen LogP contribution in [0.15, 0.2) is 54.6 Å². The molecule has 2 aromatic rings. The Morgan fingerprint density at radius 3 is 2.48 bits per heavy atom. The van der Waals surface area contributed by atoms with Crippen LogP contribution in [0.3, 0.4) is 0 Å². The van der Waals surface area contributed by atoms with Crippen LogP contribution < -0.4 is 4.74 Å². The number of ketones is 1. The van der Waals surface area contributed by atoms with Gasteiger partial charge in [-0.3, -0.25) is 9.59 Å². The first kappa shape index (κ1) is 13.4. The van der Waals surface area contributed by atoms with Crippen molar-refractivity contribution in [3.63, 3.8) is 0 Å². The van der Waals surface area contributed by atoms with E-state index in [4.69, 9.17) is 9.47 Å². The molecule has 106 valence electrons. The molecule has 21 heavy (non-hydrogen) atoms. The third-order valence-corrected chi connectivity index (χ3v) is 3.38. The molecule has 4 heteroatoms. The van der Waals surface area contributed by atoms with E-state index in [0.29, 0.717) is 16.9 Å². The van der Waals surface area contributed by atoms with Gasteiger partial charge in [0, 0.05) is 12.5 Å². The van der Waals surface area contributed by atoms with Crippen molar-refractivity contribution in [2.45, 2.75) is 19.1 Å². The van der Waals surface area contributed by atoms with Crippen molar-refractivity contribution in [2.75, 3.05) is 0 Å². The Bertz CT molecular complexity index is 693. The molecule has 0 spiro atoms. The van der Waals surface area contributed by atoms with Gasteiger partial charge in [0.25, 0.3) is 5.79 Å². The van der Waals surface area contributed by atoms with Crippen molar-refractivity contribution in [3.05, 3.63) is 65.7 Å². The zero-order valence-corrected chi connectivity index (χ0v) is 11.5. The van der Waals surface area contributed by atoms with Gasteiger partial charge in [-0.1, -0.05) is 42.5 Å². The number of hydrogen-bond donors (Lipinski definition) is 0. The number of ether oxygens (including phenoxy) is 2. The molecule has 3 rings (SSSR count). The van der Waals surface area contributed by atoms with Gasteiger partial charge in [-0.15, -0.1) is 0 Å². The van der Waals surface area contributed by atoms with Crippen molar-refractivity contribution in [1.82, 2.24) is 0 Å². The number of carbonyl (C=O) groups excluding carboxylic acids is 2. The standard InChI is InChI=1S/C17H14O4/c1-12(18)20-17(13-7-3-2-4-8-13)11-15(19)14-9-5-6-10-16(14)21-17/h2-10H,11H2,1H3. The van der Waals surface area contributed by atoms with E-state index in [1.54, 1.807) is 36.4 Å². The quantitative estimate of drug-likeness (QED) is 0.794. The van der Waals surface area contributed by atoms with Crippen LogP contribution in [-0.4, -0.2) is 11.8 Å². The van der Waals surface area contributed by atoms with E-state index < -0.39 is 11.8 Å². The average molecular weight is 282 g/mol. The second-order valence-electron chi connectivity index (χ2n) is 4.91. The summed E-state index contributed by atoms with van der Waals surface area (Å²) in [6.07, 6.45) is -0.0341. The maximum absolute atomic E-state index is 12.4. The molecule has 0 aliphatic carbocycles. The smallest absolute Gasteiger partial charge is 0.306 e. The summed E-state index contributed by atoms with van der Waals surface area (Å²) in [7, 11) is 0. The highest BCUT2D eigenvalue weighted by Gasteiger charge is 2.45. The molecule has 1 aliphatic rings. The van der Waals surface area contributed by atoms with E-state index >= 15 is 0 Å². The van der Waals surface area contributed by atoms with Crippen LogP contribution in [-0.2, 0) is 15.3 Å². The molecule has 0 bridgehead atoms. The Morgan fingerprint density at radius 2 is 1.76 bits per heavy atom. The summed E-state index contributed by atoms with van der Waals surface area (Å²) in [5.74, 6) is -1.56. The lowest BCUT2D eigenvalue weighted by Gasteiger charge is -2.36. The van der Waals surface area contributed by atoms with Gasteiger partial charge < -0.3 is 9.47 Å². The minimum absolute atomic E-state index is 0.0341. The molecule has 1 unspecified atom stereocenters. The molecule has 0 fully saturated rings. The highest BCUT2D eigenvalue weighted by molar-refractivity contribution is 6.00. The molecule has 0 saturated carbocycles. The van der Waals surface area contributed by atoms with Crippen LogP contribution in [0.25, 0.3) is 0 Å². The number of benzene rings is 2. The minimum atomic E-state index is -1.39. The summed E-state index contributed by atoms with van der Waals surface area (Å²) in [6.45, 7) is 1.30. The summed E-state index contributed by atoms with van der Waals surface area (Å²) in [5.41, 5.74) is 1.15. The number of rotatable bonds is 2. The van der Waals surface area contributed by atoms with Gasteiger partial charge in [-0.2, -0.15) is 0 Å². The van der Waals surface area contributed by atoms with E-state index in [2.05, 4.69) is 0 Å². The second-order valence-corrected chi connectivity index (χ2v) is 4.91. The fourth-order valence-electron chi connectivity index (χ4n) is 2.51. The van der Waals surface area contributed by atoms with E-state index in [0.717, 1.165) is 0 Å². The van der Waals surface area contributed by atoms with Gasteiger partial charge in [0.05, 0.1) is 12.0 Å². The first-order chi connectivity index (χ1) is 10.1. The van der Waals surface area contributed by atoms with Crippen molar-refractivity contribution in [1.29, 1.82) is 0 Å². The third kappa shape index (κ3) is 2.40. The van der Waals surface area contributed by atoms with E-state index in [9.17, 15) is 9.59 Å². The lowest BCUT2D eigenvalue weighted by Crippen LogP contribution is -2.43.